The minimum atomic E-state index is -1.15. The molecule has 0 aliphatic carbocycles. The molecule has 0 aromatic carbocycles. The van der Waals surface area contributed by atoms with E-state index in [0.717, 1.165) is 0 Å². The Kier molecular flexibility index (Phi) is 5.44. The van der Waals surface area contributed by atoms with Gasteiger partial charge in [0.05, 0.1) is 19.5 Å². The van der Waals surface area contributed by atoms with E-state index >= 15 is 0 Å². The standard InChI is InChI=1S/C9H17N3O6/c13-6(14)1-3-11-5-12(4-2-7(15)16)9(18)10-8(11)17/h8-10,17-18H,1-5H2,(H,13,14)(H,15,16). The van der Waals surface area contributed by atoms with E-state index in [-0.39, 0.29) is 32.6 Å². The number of carboxylic acids is 2. The molecule has 1 fully saturated rings. The van der Waals surface area contributed by atoms with Gasteiger partial charge in [0.1, 0.15) is 0 Å². The number of nitrogens with one attached hydrogen (secondary N) is 1. The molecule has 18 heavy (non-hydrogen) atoms. The first-order valence-electron chi connectivity index (χ1n) is 5.44. The highest BCUT2D eigenvalue weighted by Gasteiger charge is 2.30. The maximum absolute atomic E-state index is 10.4. The summed E-state index contributed by atoms with van der Waals surface area (Å²) in [5.41, 5.74) is 0. The average Bonchev–Trinajstić information content (AvgIpc) is 2.26. The molecular weight excluding hydrogens is 246 g/mol. The van der Waals surface area contributed by atoms with Crippen molar-refractivity contribution in [2.24, 2.45) is 0 Å². The fourth-order valence-corrected chi connectivity index (χ4v) is 1.60. The molecule has 1 saturated heterocycles. The number of rotatable bonds is 6. The maximum Gasteiger partial charge on any atom is 0.304 e. The molecule has 0 spiro atoms. The fourth-order valence-electron chi connectivity index (χ4n) is 1.60. The topological polar surface area (TPSA) is 134 Å². The SMILES string of the molecule is O=C(O)CCN1CN(CCC(=O)O)C(O)NC1O. The molecule has 1 aliphatic heterocycles. The van der Waals surface area contributed by atoms with Crippen LogP contribution in [-0.2, 0) is 9.59 Å². The zero-order chi connectivity index (χ0) is 13.7. The Morgan fingerprint density at radius 1 is 1.00 bits per heavy atom. The van der Waals surface area contributed by atoms with Crippen molar-refractivity contribution in [3.63, 3.8) is 0 Å². The lowest BCUT2D eigenvalue weighted by Crippen LogP contribution is -2.65. The van der Waals surface area contributed by atoms with Gasteiger partial charge < -0.3 is 20.4 Å². The molecule has 0 saturated carbocycles. The van der Waals surface area contributed by atoms with Gasteiger partial charge in [-0.3, -0.25) is 19.4 Å². The van der Waals surface area contributed by atoms with Crippen LogP contribution < -0.4 is 5.32 Å². The monoisotopic (exact) mass is 263 g/mol. The van der Waals surface area contributed by atoms with Crippen LogP contribution >= 0.6 is 0 Å². The Hall–Kier alpha value is -1.26. The Balaban J connectivity index is 2.48. The van der Waals surface area contributed by atoms with Gasteiger partial charge in [-0.15, -0.1) is 0 Å². The molecular formula is C9H17N3O6. The fraction of sp³-hybridized carbons (Fsp3) is 0.778. The van der Waals surface area contributed by atoms with E-state index in [2.05, 4.69) is 5.32 Å². The van der Waals surface area contributed by atoms with E-state index in [0.29, 0.717) is 0 Å². The molecule has 0 aromatic rings. The Labute approximate surface area is 103 Å². The lowest BCUT2D eigenvalue weighted by Gasteiger charge is -2.42. The molecule has 0 bridgehead atoms. The van der Waals surface area contributed by atoms with Gasteiger partial charge in [0.25, 0.3) is 0 Å². The molecule has 9 heteroatoms. The molecule has 2 atom stereocenters. The summed E-state index contributed by atoms with van der Waals surface area (Å²) in [4.78, 5) is 23.7. The second kappa shape index (κ2) is 6.61. The summed E-state index contributed by atoms with van der Waals surface area (Å²) in [7, 11) is 0. The van der Waals surface area contributed by atoms with Crippen LogP contribution in [0.25, 0.3) is 0 Å². The largest absolute Gasteiger partial charge is 0.481 e. The average molecular weight is 263 g/mol. The van der Waals surface area contributed by atoms with Crippen molar-refractivity contribution >= 4 is 11.9 Å². The third kappa shape index (κ3) is 4.55. The number of aliphatic carboxylic acids is 2. The van der Waals surface area contributed by atoms with Gasteiger partial charge in [0.15, 0.2) is 12.7 Å². The summed E-state index contributed by atoms with van der Waals surface area (Å²) in [6, 6.07) is 0. The van der Waals surface area contributed by atoms with Crippen LogP contribution in [0.1, 0.15) is 12.8 Å². The third-order valence-electron chi connectivity index (χ3n) is 2.58. The predicted octanol–water partition coefficient (Wildman–Crippen LogP) is -2.35. The van der Waals surface area contributed by atoms with Crippen molar-refractivity contribution in [3.05, 3.63) is 0 Å². The van der Waals surface area contributed by atoms with Crippen LogP contribution in [0.4, 0.5) is 0 Å². The van der Waals surface area contributed by atoms with Gasteiger partial charge in [0.2, 0.25) is 0 Å². The van der Waals surface area contributed by atoms with Crippen LogP contribution in [0.5, 0.6) is 0 Å². The maximum atomic E-state index is 10.4. The number of nitrogens with zero attached hydrogens (tertiary/aromatic N) is 2. The van der Waals surface area contributed by atoms with E-state index in [1.54, 1.807) is 0 Å². The first-order chi connectivity index (χ1) is 8.40. The van der Waals surface area contributed by atoms with Crippen LogP contribution in [0.15, 0.2) is 0 Å². The van der Waals surface area contributed by atoms with E-state index in [1.807, 2.05) is 0 Å². The first kappa shape index (κ1) is 14.8. The molecule has 9 nitrogen and oxygen atoms in total. The summed E-state index contributed by atoms with van der Waals surface area (Å²) in [5.74, 6) is -1.99. The third-order valence-corrected chi connectivity index (χ3v) is 2.58. The van der Waals surface area contributed by atoms with Crippen molar-refractivity contribution < 1.29 is 30.0 Å². The molecule has 1 aliphatic rings. The summed E-state index contributed by atoms with van der Waals surface area (Å²) < 4.78 is 0. The Morgan fingerprint density at radius 3 is 1.72 bits per heavy atom. The van der Waals surface area contributed by atoms with Gasteiger partial charge in [0, 0.05) is 13.1 Å². The highest BCUT2D eigenvalue weighted by molar-refractivity contribution is 5.67. The summed E-state index contributed by atoms with van der Waals surface area (Å²) >= 11 is 0. The van der Waals surface area contributed by atoms with Gasteiger partial charge in [-0.05, 0) is 0 Å². The molecule has 0 aromatic heterocycles. The molecule has 1 heterocycles. The van der Waals surface area contributed by atoms with Gasteiger partial charge in [-0.25, -0.2) is 5.32 Å². The Bertz CT molecular complexity index is 285. The van der Waals surface area contributed by atoms with Crippen molar-refractivity contribution in [2.75, 3.05) is 19.8 Å². The number of aliphatic hydroxyl groups excluding tert-OH is 2. The van der Waals surface area contributed by atoms with Crippen LogP contribution in [0, 0.1) is 0 Å². The molecule has 0 radical (unpaired) electrons. The number of carbonyl (C=O) groups is 2. The van der Waals surface area contributed by atoms with Crippen molar-refractivity contribution in [1.29, 1.82) is 0 Å². The second-order valence-corrected chi connectivity index (χ2v) is 3.97. The number of hydrogen-bond donors (Lipinski definition) is 5. The summed E-state index contributed by atoms with van der Waals surface area (Å²) in [5, 5.41) is 38.6. The molecule has 1 rings (SSSR count). The predicted molar refractivity (Wildman–Crippen MR) is 57.9 cm³/mol. The van der Waals surface area contributed by atoms with Crippen molar-refractivity contribution in [2.45, 2.75) is 25.5 Å². The highest BCUT2D eigenvalue weighted by atomic mass is 16.4. The second-order valence-electron chi connectivity index (χ2n) is 3.97. The van der Waals surface area contributed by atoms with Gasteiger partial charge >= 0.3 is 11.9 Å². The Morgan fingerprint density at radius 2 is 1.39 bits per heavy atom. The van der Waals surface area contributed by atoms with Crippen molar-refractivity contribution in [1.82, 2.24) is 15.1 Å². The highest BCUT2D eigenvalue weighted by Crippen LogP contribution is 2.09. The van der Waals surface area contributed by atoms with E-state index in [1.165, 1.54) is 9.80 Å². The lowest BCUT2D eigenvalue weighted by atomic mass is 10.3. The smallest absolute Gasteiger partial charge is 0.304 e. The lowest BCUT2D eigenvalue weighted by molar-refractivity contribution is -0.182. The number of aliphatic hydroxyl groups is 2. The molecule has 5 N–H and O–H groups in total. The quantitative estimate of drug-likeness (QED) is 0.357. The first-order valence-corrected chi connectivity index (χ1v) is 5.44. The zero-order valence-electron chi connectivity index (χ0n) is 9.69. The summed E-state index contributed by atoms with van der Waals surface area (Å²) in [6.45, 7) is 0.287. The molecule has 104 valence electrons. The minimum Gasteiger partial charge on any atom is -0.481 e. The van der Waals surface area contributed by atoms with E-state index < -0.39 is 24.6 Å². The van der Waals surface area contributed by atoms with Crippen LogP contribution in [-0.4, -0.2) is 74.6 Å². The molecule has 0 amide bonds. The van der Waals surface area contributed by atoms with E-state index in [4.69, 9.17) is 10.2 Å². The minimum absolute atomic E-state index is 0.0931. The van der Waals surface area contributed by atoms with Crippen LogP contribution in [0.2, 0.25) is 0 Å². The van der Waals surface area contributed by atoms with Gasteiger partial charge in [-0.1, -0.05) is 0 Å². The van der Waals surface area contributed by atoms with Crippen molar-refractivity contribution in [3.8, 4) is 0 Å². The van der Waals surface area contributed by atoms with Gasteiger partial charge in [-0.2, -0.15) is 0 Å². The normalized spacial score (nSPS) is 26.1. The van der Waals surface area contributed by atoms with Crippen LogP contribution in [0.3, 0.4) is 0 Å². The molecule has 2 unspecified atom stereocenters. The van der Waals surface area contributed by atoms with E-state index in [9.17, 15) is 19.8 Å². The number of carboxylic acid groups (broad SMARTS) is 2. The summed E-state index contributed by atoms with van der Waals surface area (Å²) in [6.07, 6.45) is -2.61. The zero-order valence-corrected chi connectivity index (χ0v) is 9.69. The number of hydrogen-bond acceptors (Lipinski definition) is 7.